The second-order valence-electron chi connectivity index (χ2n) is 5.23. The van der Waals surface area contributed by atoms with Gasteiger partial charge in [0.05, 0.1) is 6.04 Å². The molecule has 1 aromatic rings. The number of aromatic nitrogens is 2. The van der Waals surface area contributed by atoms with Gasteiger partial charge in [-0.3, -0.25) is 19.1 Å². The lowest BCUT2D eigenvalue weighted by atomic mass is 9.93. The number of H-pyrrole nitrogens is 1. The fourth-order valence-corrected chi connectivity index (χ4v) is 2.65. The van der Waals surface area contributed by atoms with Gasteiger partial charge in [-0.15, -0.1) is 0 Å². The Labute approximate surface area is 120 Å². The van der Waals surface area contributed by atoms with Crippen LogP contribution in [0.15, 0.2) is 15.8 Å². The van der Waals surface area contributed by atoms with Crippen LogP contribution in [0.25, 0.3) is 0 Å². The number of hydrogen-bond donors (Lipinski definition) is 2. The molecule has 1 saturated heterocycles. The van der Waals surface area contributed by atoms with Crippen molar-refractivity contribution in [2.24, 2.45) is 11.7 Å². The summed E-state index contributed by atoms with van der Waals surface area (Å²) in [7, 11) is 0. The van der Waals surface area contributed by atoms with Gasteiger partial charge in [0.1, 0.15) is 0 Å². The van der Waals surface area contributed by atoms with E-state index >= 15 is 0 Å². The molecule has 8 nitrogen and oxygen atoms in total. The molecule has 1 aliphatic rings. The Bertz CT molecular complexity index is 652. The SMILES string of the molecule is CC[C@@]1(OC=O)O[C@@H](n2cc(C)c(=O)[nH]c2=O)C(N)[C@H]1C. The highest BCUT2D eigenvalue weighted by Gasteiger charge is 2.53. The lowest BCUT2D eigenvalue weighted by Crippen LogP contribution is -2.42. The number of aryl methyl sites for hydroxylation is 1. The first-order valence-electron chi connectivity index (χ1n) is 6.73. The fourth-order valence-electron chi connectivity index (χ4n) is 2.65. The molecule has 1 fully saturated rings. The Morgan fingerprint density at radius 1 is 1.57 bits per heavy atom. The van der Waals surface area contributed by atoms with Crippen LogP contribution in [-0.2, 0) is 14.3 Å². The van der Waals surface area contributed by atoms with E-state index in [2.05, 4.69) is 4.98 Å². The summed E-state index contributed by atoms with van der Waals surface area (Å²) in [6.07, 6.45) is 0.974. The third-order valence-electron chi connectivity index (χ3n) is 4.08. The molecule has 116 valence electrons. The highest BCUT2D eigenvalue weighted by molar-refractivity contribution is 5.38. The van der Waals surface area contributed by atoms with Crippen molar-refractivity contribution in [2.75, 3.05) is 0 Å². The van der Waals surface area contributed by atoms with Crippen LogP contribution in [0.3, 0.4) is 0 Å². The van der Waals surface area contributed by atoms with Gasteiger partial charge in [0.15, 0.2) is 6.23 Å². The van der Waals surface area contributed by atoms with Crippen molar-refractivity contribution in [3.63, 3.8) is 0 Å². The summed E-state index contributed by atoms with van der Waals surface area (Å²) < 4.78 is 12.1. The van der Waals surface area contributed by atoms with Crippen molar-refractivity contribution in [2.45, 2.75) is 45.2 Å². The monoisotopic (exact) mass is 297 g/mol. The van der Waals surface area contributed by atoms with Crippen molar-refractivity contribution >= 4 is 6.47 Å². The molecule has 2 rings (SSSR count). The second-order valence-corrected chi connectivity index (χ2v) is 5.23. The van der Waals surface area contributed by atoms with Crippen molar-refractivity contribution in [1.29, 1.82) is 0 Å². The maximum atomic E-state index is 12.0. The molecule has 0 radical (unpaired) electrons. The van der Waals surface area contributed by atoms with Crippen molar-refractivity contribution in [3.05, 3.63) is 32.6 Å². The smallest absolute Gasteiger partial charge is 0.330 e. The van der Waals surface area contributed by atoms with E-state index in [1.54, 1.807) is 20.8 Å². The largest absolute Gasteiger partial charge is 0.435 e. The number of nitrogens with two attached hydrogens (primary N) is 1. The maximum Gasteiger partial charge on any atom is 0.330 e. The second kappa shape index (κ2) is 5.45. The molecule has 0 spiro atoms. The predicted molar refractivity (Wildman–Crippen MR) is 73.5 cm³/mol. The summed E-state index contributed by atoms with van der Waals surface area (Å²) in [6, 6.07) is -0.562. The first-order valence-corrected chi connectivity index (χ1v) is 6.73. The number of rotatable bonds is 4. The molecule has 0 aliphatic carbocycles. The van der Waals surface area contributed by atoms with Gasteiger partial charge in [0, 0.05) is 24.1 Å². The number of ether oxygens (including phenoxy) is 2. The summed E-state index contributed by atoms with van der Waals surface area (Å²) in [5.41, 5.74) is 5.41. The van der Waals surface area contributed by atoms with Gasteiger partial charge in [0.2, 0.25) is 5.79 Å². The Kier molecular flexibility index (Phi) is 4.02. The van der Waals surface area contributed by atoms with Gasteiger partial charge >= 0.3 is 5.69 Å². The lowest BCUT2D eigenvalue weighted by Gasteiger charge is -2.29. The highest BCUT2D eigenvalue weighted by Crippen LogP contribution is 2.42. The average molecular weight is 297 g/mol. The van der Waals surface area contributed by atoms with E-state index in [1.165, 1.54) is 10.8 Å². The summed E-state index contributed by atoms with van der Waals surface area (Å²) in [4.78, 5) is 36.3. The van der Waals surface area contributed by atoms with Gasteiger partial charge in [-0.25, -0.2) is 4.79 Å². The topological polar surface area (TPSA) is 116 Å². The van der Waals surface area contributed by atoms with Crippen LogP contribution in [0.2, 0.25) is 0 Å². The van der Waals surface area contributed by atoms with Crippen LogP contribution < -0.4 is 17.0 Å². The Morgan fingerprint density at radius 2 is 2.24 bits per heavy atom. The molecule has 0 amide bonds. The van der Waals surface area contributed by atoms with E-state index in [9.17, 15) is 14.4 Å². The number of nitrogens with one attached hydrogen (secondary N) is 1. The van der Waals surface area contributed by atoms with Gasteiger partial charge in [-0.05, 0) is 6.92 Å². The number of hydrogen-bond acceptors (Lipinski definition) is 6. The highest BCUT2D eigenvalue weighted by atomic mass is 16.7. The Morgan fingerprint density at radius 3 is 2.81 bits per heavy atom. The first kappa shape index (κ1) is 15.5. The minimum atomic E-state index is -1.17. The normalized spacial score (nSPS) is 32.1. The van der Waals surface area contributed by atoms with E-state index < -0.39 is 29.3 Å². The van der Waals surface area contributed by atoms with Gasteiger partial charge in [-0.1, -0.05) is 13.8 Å². The Hall–Kier alpha value is -1.93. The lowest BCUT2D eigenvalue weighted by molar-refractivity contribution is -0.237. The third kappa shape index (κ3) is 2.40. The van der Waals surface area contributed by atoms with Crippen LogP contribution in [0.5, 0.6) is 0 Å². The van der Waals surface area contributed by atoms with E-state index in [1.807, 2.05) is 0 Å². The minimum absolute atomic E-state index is 0.308. The number of carbonyl (C=O) groups excluding carboxylic acids is 1. The molecule has 0 aromatic carbocycles. The number of nitrogens with zero attached hydrogens (tertiary/aromatic N) is 1. The molecule has 0 saturated carbocycles. The summed E-state index contributed by atoms with van der Waals surface area (Å²) >= 11 is 0. The molecule has 4 atom stereocenters. The average Bonchev–Trinajstić information content (AvgIpc) is 2.69. The zero-order valence-corrected chi connectivity index (χ0v) is 12.2. The predicted octanol–water partition coefficient (Wildman–Crippen LogP) is -0.383. The third-order valence-corrected chi connectivity index (χ3v) is 4.08. The van der Waals surface area contributed by atoms with Crippen molar-refractivity contribution in [3.8, 4) is 0 Å². The van der Waals surface area contributed by atoms with Gasteiger partial charge < -0.3 is 15.2 Å². The number of aromatic amines is 1. The molecular weight excluding hydrogens is 278 g/mol. The molecular formula is C13H19N3O5. The first-order chi connectivity index (χ1) is 9.86. The molecule has 1 aliphatic heterocycles. The molecule has 2 heterocycles. The van der Waals surface area contributed by atoms with Gasteiger partial charge in [0.25, 0.3) is 12.0 Å². The molecule has 1 aromatic heterocycles. The Balaban J connectivity index is 2.47. The fraction of sp³-hybridized carbons (Fsp3) is 0.615. The van der Waals surface area contributed by atoms with Crippen LogP contribution in [-0.4, -0.2) is 27.9 Å². The molecule has 21 heavy (non-hydrogen) atoms. The summed E-state index contributed by atoms with van der Waals surface area (Å²) in [5, 5.41) is 0. The van der Waals surface area contributed by atoms with Crippen LogP contribution in [0.4, 0.5) is 0 Å². The van der Waals surface area contributed by atoms with Crippen LogP contribution in [0.1, 0.15) is 32.1 Å². The molecule has 3 N–H and O–H groups in total. The van der Waals surface area contributed by atoms with E-state index in [-0.39, 0.29) is 5.92 Å². The van der Waals surface area contributed by atoms with E-state index in [0.717, 1.165) is 0 Å². The van der Waals surface area contributed by atoms with Crippen molar-refractivity contribution < 1.29 is 14.3 Å². The maximum absolute atomic E-state index is 12.0. The van der Waals surface area contributed by atoms with Crippen LogP contribution in [0, 0.1) is 12.8 Å². The van der Waals surface area contributed by atoms with Crippen LogP contribution >= 0.6 is 0 Å². The molecule has 8 heteroatoms. The molecule has 0 bridgehead atoms. The zero-order valence-electron chi connectivity index (χ0n) is 12.2. The van der Waals surface area contributed by atoms with Crippen molar-refractivity contribution in [1.82, 2.24) is 9.55 Å². The van der Waals surface area contributed by atoms with E-state index in [4.69, 9.17) is 15.2 Å². The minimum Gasteiger partial charge on any atom is -0.435 e. The molecule has 1 unspecified atom stereocenters. The van der Waals surface area contributed by atoms with E-state index in [0.29, 0.717) is 18.5 Å². The quantitative estimate of drug-likeness (QED) is 0.731. The van der Waals surface area contributed by atoms with Gasteiger partial charge in [-0.2, -0.15) is 0 Å². The standard InChI is InChI=1S/C13H19N3O5/c1-4-13(20-6-17)8(3)9(14)11(21-13)16-5-7(2)10(18)15-12(16)19/h5-6,8-9,11H,4,14H2,1-3H3,(H,15,18,19)/t8-,9?,11-,13-/m1/s1. The summed E-state index contributed by atoms with van der Waals surface area (Å²) in [6.45, 7) is 5.49. The summed E-state index contributed by atoms with van der Waals surface area (Å²) in [5.74, 6) is -1.48. The zero-order chi connectivity index (χ0) is 15.8. The number of carbonyl (C=O) groups is 1.